The Bertz CT molecular complexity index is 749. The lowest BCUT2D eigenvalue weighted by Gasteiger charge is -2.40. The van der Waals surface area contributed by atoms with Gasteiger partial charge in [0, 0.05) is 44.1 Å². The van der Waals surface area contributed by atoms with Gasteiger partial charge in [0.1, 0.15) is 0 Å². The van der Waals surface area contributed by atoms with Crippen molar-refractivity contribution in [1.82, 2.24) is 19.6 Å². The van der Waals surface area contributed by atoms with Gasteiger partial charge in [0.2, 0.25) is 0 Å². The highest BCUT2D eigenvalue weighted by molar-refractivity contribution is 5.19. The van der Waals surface area contributed by atoms with Gasteiger partial charge in [0.25, 0.3) is 0 Å². The minimum atomic E-state index is -0.747. The molecular weight excluding hydrogens is 346 g/mol. The van der Waals surface area contributed by atoms with E-state index in [2.05, 4.69) is 14.9 Å². The highest BCUT2D eigenvalue weighted by atomic mass is 19.2. The number of benzene rings is 1. The van der Waals surface area contributed by atoms with E-state index in [9.17, 15) is 8.78 Å². The van der Waals surface area contributed by atoms with Crippen LogP contribution >= 0.6 is 0 Å². The third kappa shape index (κ3) is 4.38. The first-order valence-electron chi connectivity index (χ1n) is 9.99. The molecule has 4 nitrogen and oxygen atoms in total. The smallest absolute Gasteiger partial charge is 0.163 e. The zero-order chi connectivity index (χ0) is 18.7. The van der Waals surface area contributed by atoms with Crippen molar-refractivity contribution in [2.75, 3.05) is 32.7 Å². The largest absolute Gasteiger partial charge is 0.303 e. The van der Waals surface area contributed by atoms with E-state index in [1.807, 2.05) is 23.1 Å². The molecule has 1 spiro atoms. The second-order valence-electron chi connectivity index (χ2n) is 8.18. The Balaban J connectivity index is 1.30. The summed E-state index contributed by atoms with van der Waals surface area (Å²) >= 11 is 0. The van der Waals surface area contributed by atoms with Gasteiger partial charge in [-0.15, -0.1) is 0 Å². The molecule has 2 saturated heterocycles. The predicted octanol–water partition coefficient (Wildman–Crippen LogP) is 3.54. The van der Waals surface area contributed by atoms with E-state index in [0.29, 0.717) is 17.5 Å². The minimum absolute atomic E-state index is 0.313. The van der Waals surface area contributed by atoms with Gasteiger partial charge in [-0.3, -0.25) is 9.58 Å². The fraction of sp³-hybridized carbons (Fsp3) is 0.571. The van der Waals surface area contributed by atoms with Gasteiger partial charge in [0.05, 0.1) is 0 Å². The second-order valence-corrected chi connectivity index (χ2v) is 8.18. The fourth-order valence-electron chi connectivity index (χ4n) is 4.80. The monoisotopic (exact) mass is 374 g/mol. The molecule has 146 valence electrons. The molecule has 2 aromatic rings. The molecule has 0 bridgehead atoms. The number of piperidine rings is 1. The minimum Gasteiger partial charge on any atom is -0.303 e. The third-order valence-electron chi connectivity index (χ3n) is 6.10. The van der Waals surface area contributed by atoms with E-state index in [0.717, 1.165) is 52.1 Å². The maximum absolute atomic E-state index is 14.0. The van der Waals surface area contributed by atoms with Crippen LogP contribution < -0.4 is 0 Å². The molecule has 0 N–H and O–H groups in total. The predicted molar refractivity (Wildman–Crippen MR) is 101 cm³/mol. The van der Waals surface area contributed by atoms with Gasteiger partial charge in [0.15, 0.2) is 11.6 Å². The summed E-state index contributed by atoms with van der Waals surface area (Å²) in [5, 5.41) is 4.26. The lowest BCUT2D eigenvalue weighted by Crippen LogP contribution is -2.44. The summed E-state index contributed by atoms with van der Waals surface area (Å²) < 4.78 is 29.5. The van der Waals surface area contributed by atoms with E-state index in [-0.39, 0.29) is 0 Å². The molecule has 2 fully saturated rings. The summed E-state index contributed by atoms with van der Waals surface area (Å²) in [6.07, 6.45) is 8.52. The zero-order valence-electron chi connectivity index (χ0n) is 15.8. The number of aromatic nitrogens is 2. The maximum Gasteiger partial charge on any atom is 0.163 e. The number of hydrogen-bond acceptors (Lipinski definition) is 3. The lowest BCUT2D eigenvalue weighted by molar-refractivity contribution is 0.0861. The van der Waals surface area contributed by atoms with Crippen molar-refractivity contribution in [2.45, 2.75) is 38.8 Å². The van der Waals surface area contributed by atoms with Gasteiger partial charge in [-0.25, -0.2) is 8.78 Å². The second kappa shape index (κ2) is 8.07. The first-order chi connectivity index (χ1) is 13.1. The Morgan fingerprint density at radius 2 is 1.89 bits per heavy atom. The van der Waals surface area contributed by atoms with Crippen LogP contribution in [0.15, 0.2) is 36.7 Å². The molecule has 4 rings (SSSR count). The quantitative estimate of drug-likeness (QED) is 0.773. The maximum atomic E-state index is 14.0. The summed E-state index contributed by atoms with van der Waals surface area (Å²) in [5.41, 5.74) is 0.787. The normalized spacial score (nSPS) is 24.1. The summed E-state index contributed by atoms with van der Waals surface area (Å²) in [6, 6.07) is 6.46. The van der Waals surface area contributed by atoms with E-state index in [1.165, 1.54) is 18.9 Å². The summed E-state index contributed by atoms with van der Waals surface area (Å²) in [6.45, 7) is 6.78. The molecule has 0 unspecified atom stereocenters. The fourth-order valence-corrected chi connectivity index (χ4v) is 4.80. The van der Waals surface area contributed by atoms with Crippen molar-refractivity contribution >= 4 is 0 Å². The first kappa shape index (κ1) is 18.6. The van der Waals surface area contributed by atoms with Crippen molar-refractivity contribution in [3.05, 3.63) is 53.9 Å². The van der Waals surface area contributed by atoms with Gasteiger partial charge in [-0.05, 0) is 62.9 Å². The lowest BCUT2D eigenvalue weighted by atomic mass is 9.79. The number of nitrogens with zero attached hydrogens (tertiary/aromatic N) is 4. The van der Waals surface area contributed by atoms with Crippen molar-refractivity contribution in [3.8, 4) is 0 Å². The van der Waals surface area contributed by atoms with Crippen molar-refractivity contribution < 1.29 is 8.78 Å². The molecule has 6 heteroatoms. The standard InChI is InChI=1S/C21H28F2N4/c22-19-6-1-5-18(20(19)23)15-26-10-2-7-21(17-26)8-14-25(16-21)11-4-13-27-12-3-9-24-27/h1,3,5-6,9,12H,2,4,7-8,10-11,13-17H2/t21-/m1/s1. The Hall–Kier alpha value is -1.79. The number of rotatable bonds is 6. The van der Waals surface area contributed by atoms with Gasteiger partial charge < -0.3 is 4.90 Å². The molecule has 0 aliphatic carbocycles. The van der Waals surface area contributed by atoms with Crippen molar-refractivity contribution in [3.63, 3.8) is 0 Å². The molecule has 3 heterocycles. The third-order valence-corrected chi connectivity index (χ3v) is 6.10. The van der Waals surface area contributed by atoms with E-state index in [1.54, 1.807) is 12.1 Å². The van der Waals surface area contributed by atoms with Gasteiger partial charge in [-0.2, -0.15) is 5.10 Å². The van der Waals surface area contributed by atoms with Crippen LogP contribution in [0.4, 0.5) is 8.78 Å². The van der Waals surface area contributed by atoms with Crippen LogP contribution in [0.5, 0.6) is 0 Å². The Labute approximate surface area is 159 Å². The van der Waals surface area contributed by atoms with Gasteiger partial charge in [-0.1, -0.05) is 12.1 Å². The molecule has 1 aromatic carbocycles. The molecule has 2 aliphatic heterocycles. The van der Waals surface area contributed by atoms with Crippen LogP contribution in [0.2, 0.25) is 0 Å². The molecular formula is C21H28F2N4. The van der Waals surface area contributed by atoms with Crippen LogP contribution in [-0.4, -0.2) is 52.3 Å². The average molecular weight is 374 g/mol. The summed E-state index contributed by atoms with van der Waals surface area (Å²) in [5.74, 6) is -1.44. The molecule has 1 atom stereocenters. The Kier molecular flexibility index (Phi) is 5.55. The number of halogens is 2. The van der Waals surface area contributed by atoms with Crippen LogP contribution in [0.25, 0.3) is 0 Å². The number of hydrogen-bond donors (Lipinski definition) is 0. The van der Waals surface area contributed by atoms with Gasteiger partial charge >= 0.3 is 0 Å². The SMILES string of the molecule is Fc1cccc(CN2CCC[C@]3(CCN(CCCn4cccn4)C3)C2)c1F. The zero-order valence-corrected chi connectivity index (χ0v) is 15.8. The van der Waals surface area contributed by atoms with E-state index >= 15 is 0 Å². The Morgan fingerprint density at radius 3 is 2.74 bits per heavy atom. The molecule has 2 aliphatic rings. The molecule has 1 aromatic heterocycles. The summed E-state index contributed by atoms with van der Waals surface area (Å²) in [7, 11) is 0. The molecule has 0 amide bonds. The van der Waals surface area contributed by atoms with Crippen LogP contribution in [0.3, 0.4) is 0 Å². The number of aryl methyl sites for hydroxylation is 1. The molecule has 0 radical (unpaired) electrons. The highest BCUT2D eigenvalue weighted by Crippen LogP contribution is 2.39. The number of likely N-dealkylation sites (tertiary alicyclic amines) is 2. The molecule has 0 saturated carbocycles. The summed E-state index contributed by atoms with van der Waals surface area (Å²) in [4.78, 5) is 4.88. The van der Waals surface area contributed by atoms with Crippen molar-refractivity contribution in [1.29, 1.82) is 0 Å². The van der Waals surface area contributed by atoms with Crippen LogP contribution in [0.1, 0.15) is 31.2 Å². The van der Waals surface area contributed by atoms with E-state index < -0.39 is 11.6 Å². The Morgan fingerprint density at radius 1 is 1.00 bits per heavy atom. The van der Waals surface area contributed by atoms with E-state index in [4.69, 9.17) is 0 Å². The highest BCUT2D eigenvalue weighted by Gasteiger charge is 2.41. The topological polar surface area (TPSA) is 24.3 Å². The van der Waals surface area contributed by atoms with Crippen LogP contribution in [-0.2, 0) is 13.1 Å². The van der Waals surface area contributed by atoms with Crippen molar-refractivity contribution in [2.24, 2.45) is 5.41 Å². The first-order valence-corrected chi connectivity index (χ1v) is 9.99. The van der Waals surface area contributed by atoms with Crippen LogP contribution in [0, 0.1) is 17.0 Å². The molecule has 27 heavy (non-hydrogen) atoms. The average Bonchev–Trinajstić information content (AvgIpc) is 3.30.